The molecular weight excluding hydrogens is 331 g/mol. The highest BCUT2D eigenvalue weighted by Gasteiger charge is 2.33. The highest BCUT2D eigenvalue weighted by molar-refractivity contribution is 14.1. The Labute approximate surface area is 115 Å². The molecule has 1 saturated heterocycles. The number of anilines is 1. The molecule has 6 heteroatoms. The van der Waals surface area contributed by atoms with Gasteiger partial charge in [-0.25, -0.2) is 9.97 Å². The molecule has 0 bridgehead atoms. The molecule has 1 atom stereocenters. The SMILES string of the molecule is CC1(C)CN(c2ncc(I)cn2)CC(CN)O1. The zero-order valence-corrected chi connectivity index (χ0v) is 12.2. The van der Waals surface area contributed by atoms with Gasteiger partial charge in [-0.3, -0.25) is 0 Å². The Bertz CT molecular complexity index is 382. The molecule has 2 N–H and O–H groups in total. The molecule has 0 amide bonds. The Hall–Kier alpha value is -0.470. The molecule has 17 heavy (non-hydrogen) atoms. The first-order chi connectivity index (χ1) is 8.00. The first kappa shape index (κ1) is 13.0. The Morgan fingerprint density at radius 1 is 1.53 bits per heavy atom. The largest absolute Gasteiger partial charge is 0.367 e. The average Bonchev–Trinajstić information content (AvgIpc) is 2.27. The highest BCUT2D eigenvalue weighted by atomic mass is 127. The van der Waals surface area contributed by atoms with Crippen LogP contribution in [0, 0.1) is 3.57 Å². The highest BCUT2D eigenvalue weighted by Crippen LogP contribution is 2.23. The third kappa shape index (κ3) is 3.26. The monoisotopic (exact) mass is 348 g/mol. The van der Waals surface area contributed by atoms with Crippen molar-refractivity contribution < 1.29 is 4.74 Å². The van der Waals surface area contributed by atoms with Crippen LogP contribution in [0.25, 0.3) is 0 Å². The molecule has 1 aromatic heterocycles. The normalized spacial score (nSPS) is 23.8. The van der Waals surface area contributed by atoms with Crippen LogP contribution >= 0.6 is 22.6 Å². The molecule has 2 heterocycles. The van der Waals surface area contributed by atoms with Crippen LogP contribution in [-0.4, -0.2) is 41.3 Å². The van der Waals surface area contributed by atoms with Crippen LogP contribution < -0.4 is 10.6 Å². The van der Waals surface area contributed by atoms with Crippen molar-refractivity contribution in [1.82, 2.24) is 9.97 Å². The fourth-order valence-corrected chi connectivity index (χ4v) is 2.32. The summed E-state index contributed by atoms with van der Waals surface area (Å²) in [4.78, 5) is 10.8. The van der Waals surface area contributed by atoms with Crippen LogP contribution in [0.4, 0.5) is 5.95 Å². The third-order valence-corrected chi connectivity index (χ3v) is 3.19. The van der Waals surface area contributed by atoms with Crippen molar-refractivity contribution in [3.63, 3.8) is 0 Å². The molecule has 0 spiro atoms. The van der Waals surface area contributed by atoms with Crippen molar-refractivity contribution in [2.24, 2.45) is 5.73 Å². The fraction of sp³-hybridized carbons (Fsp3) is 0.636. The number of ether oxygens (including phenoxy) is 1. The zero-order valence-electron chi connectivity index (χ0n) is 10.1. The van der Waals surface area contributed by atoms with Crippen molar-refractivity contribution in [3.8, 4) is 0 Å². The standard InChI is InChI=1S/C11H17IN4O/c1-11(2)7-16(6-9(3-13)17-11)10-14-4-8(12)5-15-10/h4-5,9H,3,6-7,13H2,1-2H3. The van der Waals surface area contributed by atoms with Crippen molar-refractivity contribution >= 4 is 28.5 Å². The van der Waals surface area contributed by atoms with Crippen molar-refractivity contribution in [1.29, 1.82) is 0 Å². The Kier molecular flexibility index (Phi) is 3.84. The molecule has 5 nitrogen and oxygen atoms in total. The quantitative estimate of drug-likeness (QED) is 0.809. The minimum Gasteiger partial charge on any atom is -0.367 e. The smallest absolute Gasteiger partial charge is 0.225 e. The van der Waals surface area contributed by atoms with Crippen molar-refractivity contribution in [2.45, 2.75) is 25.6 Å². The molecule has 0 radical (unpaired) electrons. The van der Waals surface area contributed by atoms with Gasteiger partial charge < -0.3 is 15.4 Å². The van der Waals surface area contributed by atoms with Crippen LogP contribution in [0.1, 0.15) is 13.8 Å². The second-order valence-electron chi connectivity index (χ2n) is 4.82. The van der Waals surface area contributed by atoms with Gasteiger partial charge in [0.2, 0.25) is 5.95 Å². The maximum atomic E-state index is 5.87. The Balaban J connectivity index is 2.17. The summed E-state index contributed by atoms with van der Waals surface area (Å²) in [7, 11) is 0. The second kappa shape index (κ2) is 5.03. The first-order valence-electron chi connectivity index (χ1n) is 5.60. The van der Waals surface area contributed by atoms with Gasteiger partial charge in [-0.15, -0.1) is 0 Å². The molecule has 1 aliphatic heterocycles. The number of rotatable bonds is 2. The Morgan fingerprint density at radius 2 is 2.18 bits per heavy atom. The fourth-order valence-electron chi connectivity index (χ4n) is 2.04. The van der Waals surface area contributed by atoms with Gasteiger partial charge in [0, 0.05) is 35.6 Å². The van der Waals surface area contributed by atoms with E-state index in [0.717, 1.165) is 22.6 Å². The molecule has 1 unspecified atom stereocenters. The second-order valence-corrected chi connectivity index (χ2v) is 6.06. The summed E-state index contributed by atoms with van der Waals surface area (Å²) >= 11 is 2.20. The van der Waals surface area contributed by atoms with E-state index in [1.165, 1.54) is 0 Å². The number of hydrogen-bond acceptors (Lipinski definition) is 5. The van der Waals surface area contributed by atoms with Crippen LogP contribution in [0.15, 0.2) is 12.4 Å². The van der Waals surface area contributed by atoms with Gasteiger partial charge in [0.05, 0.1) is 11.7 Å². The van der Waals surface area contributed by atoms with E-state index in [9.17, 15) is 0 Å². The van der Waals surface area contributed by atoms with E-state index in [0.29, 0.717) is 6.54 Å². The summed E-state index contributed by atoms with van der Waals surface area (Å²) in [6.45, 7) is 6.18. The lowest BCUT2D eigenvalue weighted by Gasteiger charge is -2.42. The third-order valence-electron chi connectivity index (χ3n) is 2.63. The van der Waals surface area contributed by atoms with E-state index in [4.69, 9.17) is 10.5 Å². The predicted molar refractivity (Wildman–Crippen MR) is 75.0 cm³/mol. The molecular formula is C11H17IN4O. The molecule has 1 aromatic rings. The summed E-state index contributed by atoms with van der Waals surface area (Å²) in [6.07, 6.45) is 3.69. The number of hydrogen-bond donors (Lipinski definition) is 1. The minimum atomic E-state index is -0.214. The maximum Gasteiger partial charge on any atom is 0.225 e. The predicted octanol–water partition coefficient (Wildman–Crippen LogP) is 1.02. The molecule has 0 aromatic carbocycles. The molecule has 0 aliphatic carbocycles. The van der Waals surface area contributed by atoms with Gasteiger partial charge in [0.25, 0.3) is 0 Å². The van der Waals surface area contributed by atoms with E-state index in [1.807, 2.05) is 12.4 Å². The van der Waals surface area contributed by atoms with Gasteiger partial charge in [0.15, 0.2) is 0 Å². The number of nitrogens with zero attached hydrogens (tertiary/aromatic N) is 3. The van der Waals surface area contributed by atoms with E-state index >= 15 is 0 Å². The molecule has 1 fully saturated rings. The first-order valence-corrected chi connectivity index (χ1v) is 6.68. The zero-order chi connectivity index (χ0) is 12.5. The maximum absolute atomic E-state index is 5.87. The molecule has 94 valence electrons. The average molecular weight is 348 g/mol. The topological polar surface area (TPSA) is 64.3 Å². The van der Waals surface area contributed by atoms with Crippen LogP contribution in [0.2, 0.25) is 0 Å². The molecule has 1 aliphatic rings. The van der Waals surface area contributed by atoms with Gasteiger partial charge >= 0.3 is 0 Å². The lowest BCUT2D eigenvalue weighted by atomic mass is 10.1. The number of nitrogens with two attached hydrogens (primary N) is 1. The van der Waals surface area contributed by atoms with Gasteiger partial charge in [0.1, 0.15) is 0 Å². The van der Waals surface area contributed by atoms with Gasteiger partial charge in [-0.2, -0.15) is 0 Å². The summed E-state index contributed by atoms with van der Waals surface area (Å²) in [5, 5.41) is 0. The summed E-state index contributed by atoms with van der Waals surface area (Å²) in [5.74, 6) is 0.750. The minimum absolute atomic E-state index is 0.0432. The van der Waals surface area contributed by atoms with E-state index < -0.39 is 0 Å². The molecule has 0 saturated carbocycles. The lowest BCUT2D eigenvalue weighted by Crippen LogP contribution is -2.55. The summed E-state index contributed by atoms with van der Waals surface area (Å²) in [6, 6.07) is 0. The van der Waals surface area contributed by atoms with Crippen LogP contribution in [-0.2, 0) is 4.74 Å². The number of halogens is 1. The summed E-state index contributed by atoms with van der Waals surface area (Å²) in [5.41, 5.74) is 5.48. The van der Waals surface area contributed by atoms with E-state index in [-0.39, 0.29) is 11.7 Å². The Morgan fingerprint density at radius 3 is 2.76 bits per heavy atom. The van der Waals surface area contributed by atoms with Crippen LogP contribution in [0.3, 0.4) is 0 Å². The van der Waals surface area contributed by atoms with Gasteiger partial charge in [-0.1, -0.05) is 0 Å². The number of morpholine rings is 1. The van der Waals surface area contributed by atoms with Crippen LogP contribution in [0.5, 0.6) is 0 Å². The number of aromatic nitrogens is 2. The van der Waals surface area contributed by atoms with E-state index in [1.54, 1.807) is 0 Å². The van der Waals surface area contributed by atoms with Gasteiger partial charge in [-0.05, 0) is 36.4 Å². The van der Waals surface area contributed by atoms with Crippen molar-refractivity contribution in [3.05, 3.63) is 16.0 Å². The van der Waals surface area contributed by atoms with Crippen molar-refractivity contribution in [2.75, 3.05) is 24.5 Å². The lowest BCUT2D eigenvalue weighted by molar-refractivity contribution is -0.0792. The summed E-state index contributed by atoms with van der Waals surface area (Å²) < 4.78 is 6.91. The van der Waals surface area contributed by atoms with E-state index in [2.05, 4.69) is 51.3 Å². The molecule has 2 rings (SSSR count).